The summed E-state index contributed by atoms with van der Waals surface area (Å²) >= 11 is 0. The third-order valence-electron chi connectivity index (χ3n) is 3.27. The summed E-state index contributed by atoms with van der Waals surface area (Å²) < 4.78 is 5.64. The Hall–Kier alpha value is -1.22. The Bertz CT molecular complexity index is 320. The molecule has 0 radical (unpaired) electrons. The molecule has 0 spiro atoms. The van der Waals surface area contributed by atoms with Gasteiger partial charge in [0.15, 0.2) is 0 Å². The fourth-order valence-electron chi connectivity index (χ4n) is 1.90. The van der Waals surface area contributed by atoms with Crippen LogP contribution in [0.15, 0.2) is 24.3 Å². The van der Waals surface area contributed by atoms with Gasteiger partial charge in [-0.25, -0.2) is 0 Å². The minimum absolute atomic E-state index is 0.811. The lowest BCUT2D eigenvalue weighted by Crippen LogP contribution is -2.28. The van der Waals surface area contributed by atoms with Gasteiger partial charge in [-0.15, -0.1) is 0 Å². The van der Waals surface area contributed by atoms with Crippen molar-refractivity contribution in [3.05, 3.63) is 24.3 Å². The van der Waals surface area contributed by atoms with Gasteiger partial charge < -0.3 is 15.0 Å². The highest BCUT2D eigenvalue weighted by Crippen LogP contribution is 2.15. The second-order valence-corrected chi connectivity index (χ2v) is 4.68. The summed E-state index contributed by atoms with van der Waals surface area (Å²) in [7, 11) is 0. The van der Waals surface area contributed by atoms with Gasteiger partial charge in [0.05, 0.1) is 6.61 Å². The second-order valence-electron chi connectivity index (χ2n) is 4.68. The molecule has 0 amide bonds. The summed E-state index contributed by atoms with van der Waals surface area (Å²) in [6.45, 7) is 11.7. The Morgan fingerprint density at radius 2 is 1.74 bits per heavy atom. The van der Waals surface area contributed by atoms with E-state index in [-0.39, 0.29) is 0 Å². The van der Waals surface area contributed by atoms with Gasteiger partial charge in [-0.1, -0.05) is 27.2 Å². The van der Waals surface area contributed by atoms with Gasteiger partial charge in [0, 0.05) is 18.8 Å². The lowest BCUT2D eigenvalue weighted by molar-refractivity contribution is 0.309. The number of rotatable bonds is 10. The lowest BCUT2D eigenvalue weighted by Gasteiger charge is -2.18. The number of nitrogens with one attached hydrogen (secondary N) is 1. The molecule has 1 rings (SSSR count). The lowest BCUT2D eigenvalue weighted by atomic mass is 10.3. The maximum atomic E-state index is 5.64. The summed E-state index contributed by atoms with van der Waals surface area (Å²) in [6.07, 6.45) is 2.29. The Kier molecular flexibility index (Phi) is 8.07. The molecule has 0 unspecified atom stereocenters. The molecule has 1 aromatic rings. The van der Waals surface area contributed by atoms with Crippen molar-refractivity contribution < 1.29 is 4.74 Å². The van der Waals surface area contributed by atoms with Crippen molar-refractivity contribution in [2.75, 3.05) is 38.1 Å². The Balaban J connectivity index is 2.27. The minimum atomic E-state index is 0.811. The highest BCUT2D eigenvalue weighted by Gasteiger charge is 1.99. The van der Waals surface area contributed by atoms with E-state index in [0.29, 0.717) is 0 Å². The molecule has 0 aliphatic rings. The van der Waals surface area contributed by atoms with Crippen LogP contribution in [0.4, 0.5) is 5.69 Å². The summed E-state index contributed by atoms with van der Waals surface area (Å²) in [5, 5.41) is 3.44. The molecule has 0 atom stereocenters. The van der Waals surface area contributed by atoms with Gasteiger partial charge in [-0.2, -0.15) is 0 Å². The molecule has 0 fully saturated rings. The SMILES string of the molecule is CCCCOc1ccc(NCCN(CC)CC)cc1. The fraction of sp³-hybridized carbons (Fsp3) is 0.625. The van der Waals surface area contributed by atoms with Crippen molar-refractivity contribution in [3.8, 4) is 5.75 Å². The second kappa shape index (κ2) is 9.68. The van der Waals surface area contributed by atoms with Gasteiger partial charge in [0.25, 0.3) is 0 Å². The highest BCUT2D eigenvalue weighted by molar-refractivity contribution is 5.46. The molecular weight excluding hydrogens is 236 g/mol. The highest BCUT2D eigenvalue weighted by atomic mass is 16.5. The Labute approximate surface area is 118 Å². The number of anilines is 1. The van der Waals surface area contributed by atoms with E-state index in [2.05, 4.69) is 43.1 Å². The van der Waals surface area contributed by atoms with Crippen LogP contribution in [0, 0.1) is 0 Å². The first kappa shape index (κ1) is 15.8. The summed E-state index contributed by atoms with van der Waals surface area (Å²) in [5.74, 6) is 0.961. The normalized spacial score (nSPS) is 10.7. The van der Waals surface area contributed by atoms with Crippen molar-refractivity contribution in [1.29, 1.82) is 0 Å². The molecule has 108 valence electrons. The molecule has 3 nitrogen and oxygen atoms in total. The maximum absolute atomic E-state index is 5.64. The van der Waals surface area contributed by atoms with E-state index in [1.54, 1.807) is 0 Å². The number of benzene rings is 1. The molecule has 0 bridgehead atoms. The zero-order valence-electron chi connectivity index (χ0n) is 12.6. The smallest absolute Gasteiger partial charge is 0.119 e. The molecular formula is C16H28N2O. The third kappa shape index (κ3) is 6.48. The summed E-state index contributed by atoms with van der Waals surface area (Å²) in [5.41, 5.74) is 1.16. The molecule has 0 saturated carbocycles. The van der Waals surface area contributed by atoms with Crippen LogP contribution in [0.25, 0.3) is 0 Å². The van der Waals surface area contributed by atoms with Crippen LogP contribution in [0.5, 0.6) is 5.75 Å². The van der Waals surface area contributed by atoms with Crippen LogP contribution in [0.3, 0.4) is 0 Å². The van der Waals surface area contributed by atoms with E-state index in [9.17, 15) is 0 Å². The predicted octanol–water partition coefficient (Wildman–Crippen LogP) is 3.62. The number of nitrogens with zero attached hydrogens (tertiary/aromatic N) is 1. The number of likely N-dealkylation sites (N-methyl/N-ethyl adjacent to an activating group) is 1. The number of ether oxygens (including phenoxy) is 1. The average Bonchev–Trinajstić information content (AvgIpc) is 2.45. The third-order valence-corrected chi connectivity index (χ3v) is 3.27. The van der Waals surface area contributed by atoms with Crippen LogP contribution in [0.1, 0.15) is 33.6 Å². The van der Waals surface area contributed by atoms with E-state index in [0.717, 1.165) is 50.6 Å². The van der Waals surface area contributed by atoms with Crippen molar-refractivity contribution in [2.45, 2.75) is 33.6 Å². The molecule has 1 N–H and O–H groups in total. The number of hydrogen-bond acceptors (Lipinski definition) is 3. The van der Waals surface area contributed by atoms with Gasteiger partial charge in [-0.3, -0.25) is 0 Å². The van der Waals surface area contributed by atoms with Gasteiger partial charge in [0.1, 0.15) is 5.75 Å². The van der Waals surface area contributed by atoms with Gasteiger partial charge >= 0.3 is 0 Å². The predicted molar refractivity (Wildman–Crippen MR) is 83.1 cm³/mol. The van der Waals surface area contributed by atoms with Gasteiger partial charge in [0.2, 0.25) is 0 Å². The quantitative estimate of drug-likeness (QED) is 0.653. The van der Waals surface area contributed by atoms with Crippen molar-refractivity contribution in [3.63, 3.8) is 0 Å². The molecule has 0 aliphatic heterocycles. The Morgan fingerprint density at radius 1 is 1.05 bits per heavy atom. The van der Waals surface area contributed by atoms with E-state index in [1.807, 2.05) is 12.1 Å². The van der Waals surface area contributed by atoms with Crippen LogP contribution in [-0.4, -0.2) is 37.7 Å². The van der Waals surface area contributed by atoms with Crippen LogP contribution in [-0.2, 0) is 0 Å². The minimum Gasteiger partial charge on any atom is -0.494 e. The molecule has 0 saturated heterocycles. The number of unbranched alkanes of at least 4 members (excludes halogenated alkanes) is 1. The van der Waals surface area contributed by atoms with Gasteiger partial charge in [-0.05, 0) is 43.8 Å². The van der Waals surface area contributed by atoms with E-state index in [4.69, 9.17) is 4.74 Å². The van der Waals surface area contributed by atoms with E-state index < -0.39 is 0 Å². The average molecular weight is 264 g/mol. The topological polar surface area (TPSA) is 24.5 Å². The summed E-state index contributed by atoms with van der Waals surface area (Å²) in [6, 6.07) is 8.25. The van der Waals surface area contributed by atoms with E-state index >= 15 is 0 Å². The zero-order chi connectivity index (χ0) is 13.9. The largest absolute Gasteiger partial charge is 0.494 e. The molecule has 19 heavy (non-hydrogen) atoms. The first-order valence-electron chi connectivity index (χ1n) is 7.49. The van der Waals surface area contributed by atoms with Crippen LogP contribution >= 0.6 is 0 Å². The number of hydrogen-bond donors (Lipinski definition) is 1. The first-order chi connectivity index (χ1) is 9.30. The van der Waals surface area contributed by atoms with Crippen molar-refractivity contribution >= 4 is 5.69 Å². The van der Waals surface area contributed by atoms with Crippen LogP contribution in [0.2, 0.25) is 0 Å². The molecule has 0 aromatic heterocycles. The zero-order valence-corrected chi connectivity index (χ0v) is 12.6. The molecule has 0 heterocycles. The van der Waals surface area contributed by atoms with E-state index in [1.165, 1.54) is 6.42 Å². The monoisotopic (exact) mass is 264 g/mol. The Morgan fingerprint density at radius 3 is 2.32 bits per heavy atom. The van der Waals surface area contributed by atoms with Crippen molar-refractivity contribution in [2.24, 2.45) is 0 Å². The fourth-order valence-corrected chi connectivity index (χ4v) is 1.90. The standard InChI is InChI=1S/C16H28N2O/c1-4-7-14-19-16-10-8-15(9-11-16)17-12-13-18(5-2)6-3/h8-11,17H,4-7,12-14H2,1-3H3. The molecule has 0 aliphatic carbocycles. The van der Waals surface area contributed by atoms with Crippen LogP contribution < -0.4 is 10.1 Å². The first-order valence-corrected chi connectivity index (χ1v) is 7.49. The maximum Gasteiger partial charge on any atom is 0.119 e. The molecule has 3 heteroatoms. The summed E-state index contributed by atoms with van der Waals surface area (Å²) in [4.78, 5) is 2.41. The van der Waals surface area contributed by atoms with Crippen molar-refractivity contribution in [1.82, 2.24) is 4.90 Å². The molecule has 1 aromatic carbocycles.